The van der Waals surface area contributed by atoms with Crippen molar-refractivity contribution in [2.24, 2.45) is 5.92 Å². The number of piperidine rings is 1. The molecule has 4 atom stereocenters. The van der Waals surface area contributed by atoms with Gasteiger partial charge in [0.2, 0.25) is 0 Å². The Kier molecular flexibility index (Phi) is 4.00. The van der Waals surface area contributed by atoms with Crippen molar-refractivity contribution >= 4 is 11.8 Å². The molecule has 29 heavy (non-hydrogen) atoms. The van der Waals surface area contributed by atoms with E-state index < -0.39 is 17.1 Å². The molecule has 0 amide bonds. The Bertz CT molecular complexity index is 924. The van der Waals surface area contributed by atoms with E-state index in [1.807, 2.05) is 12.1 Å². The first-order valence-electron chi connectivity index (χ1n) is 10.5. The molecular weight excluding hydrogens is 370 g/mol. The van der Waals surface area contributed by atoms with Crippen LogP contribution in [-0.4, -0.2) is 52.6 Å². The van der Waals surface area contributed by atoms with Crippen molar-refractivity contribution in [2.75, 3.05) is 13.1 Å². The van der Waals surface area contributed by atoms with Gasteiger partial charge in [-0.15, -0.1) is 6.58 Å². The Morgan fingerprint density at radius 3 is 2.97 bits per heavy atom. The Balaban J connectivity index is 1.70. The predicted octanol–water partition coefficient (Wildman–Crippen LogP) is 2.16. The van der Waals surface area contributed by atoms with E-state index in [-0.39, 0.29) is 23.7 Å². The van der Waals surface area contributed by atoms with E-state index in [4.69, 9.17) is 9.47 Å². The molecule has 0 aromatic heterocycles. The Morgan fingerprint density at radius 2 is 2.24 bits per heavy atom. The number of esters is 1. The number of rotatable bonds is 4. The zero-order valence-electron chi connectivity index (χ0n) is 16.9. The number of hydrogen-bond acceptors (Lipinski definition) is 6. The van der Waals surface area contributed by atoms with Crippen molar-refractivity contribution in [3.63, 3.8) is 0 Å². The molecule has 2 bridgehead atoms. The van der Waals surface area contributed by atoms with Crippen molar-refractivity contribution in [1.82, 2.24) is 4.90 Å². The molecule has 2 heterocycles. The number of ketones is 1. The normalized spacial score (nSPS) is 34.6. The molecule has 1 spiro atoms. The second kappa shape index (κ2) is 6.16. The minimum atomic E-state index is -1.05. The highest BCUT2D eigenvalue weighted by Gasteiger charge is 2.73. The highest BCUT2D eigenvalue weighted by atomic mass is 16.6. The van der Waals surface area contributed by atoms with Gasteiger partial charge < -0.3 is 14.6 Å². The van der Waals surface area contributed by atoms with Gasteiger partial charge in [-0.2, -0.15) is 0 Å². The summed E-state index contributed by atoms with van der Waals surface area (Å²) >= 11 is 0. The first-order chi connectivity index (χ1) is 13.8. The van der Waals surface area contributed by atoms with Crippen molar-refractivity contribution in [3.05, 3.63) is 35.9 Å². The average molecular weight is 397 g/mol. The van der Waals surface area contributed by atoms with Gasteiger partial charge in [-0.25, -0.2) is 0 Å². The summed E-state index contributed by atoms with van der Waals surface area (Å²) in [5.74, 6) is 0.244. The van der Waals surface area contributed by atoms with E-state index in [0.29, 0.717) is 43.7 Å². The van der Waals surface area contributed by atoms with Crippen molar-refractivity contribution in [1.29, 1.82) is 0 Å². The quantitative estimate of drug-likeness (QED) is 0.477. The van der Waals surface area contributed by atoms with Gasteiger partial charge in [-0.1, -0.05) is 26.0 Å². The molecule has 1 aromatic carbocycles. The fraction of sp³-hybridized carbons (Fsp3) is 0.565. The molecule has 2 aliphatic heterocycles. The van der Waals surface area contributed by atoms with Crippen LogP contribution in [0.3, 0.4) is 0 Å². The summed E-state index contributed by atoms with van der Waals surface area (Å²) in [7, 11) is 0. The van der Waals surface area contributed by atoms with Gasteiger partial charge in [0.1, 0.15) is 0 Å². The lowest BCUT2D eigenvalue weighted by atomic mass is 9.49. The second-order valence-corrected chi connectivity index (χ2v) is 9.12. The summed E-state index contributed by atoms with van der Waals surface area (Å²) < 4.78 is 11.9. The molecular formula is C23H27NO5. The van der Waals surface area contributed by atoms with E-state index in [2.05, 4.69) is 11.5 Å². The fourth-order valence-electron chi connectivity index (χ4n) is 6.09. The Morgan fingerprint density at radius 1 is 1.45 bits per heavy atom. The molecule has 1 saturated heterocycles. The molecule has 2 aliphatic carbocycles. The van der Waals surface area contributed by atoms with E-state index in [9.17, 15) is 14.7 Å². The first-order valence-corrected chi connectivity index (χ1v) is 10.5. The molecule has 1 unspecified atom stereocenters. The number of carbonyl (C=O) groups is 2. The van der Waals surface area contributed by atoms with Crippen LogP contribution in [0.2, 0.25) is 0 Å². The van der Waals surface area contributed by atoms with Crippen LogP contribution in [0.1, 0.15) is 44.2 Å². The average Bonchev–Trinajstić information content (AvgIpc) is 3.04. The number of ether oxygens (including phenoxy) is 2. The summed E-state index contributed by atoms with van der Waals surface area (Å²) in [4.78, 5) is 27.4. The third-order valence-electron chi connectivity index (χ3n) is 7.40. The number of likely N-dealkylation sites (tertiary alicyclic amines) is 1. The van der Waals surface area contributed by atoms with E-state index in [1.165, 1.54) is 0 Å². The van der Waals surface area contributed by atoms with Crippen molar-refractivity contribution in [3.8, 4) is 11.5 Å². The Labute approximate surface area is 170 Å². The smallest absolute Gasteiger partial charge is 0.313 e. The van der Waals surface area contributed by atoms with Crippen molar-refractivity contribution < 1.29 is 24.2 Å². The van der Waals surface area contributed by atoms with Crippen LogP contribution in [0, 0.1) is 5.92 Å². The second-order valence-electron chi connectivity index (χ2n) is 9.12. The van der Waals surface area contributed by atoms with E-state index >= 15 is 0 Å². The maximum atomic E-state index is 12.9. The minimum absolute atomic E-state index is 0.0239. The van der Waals surface area contributed by atoms with Crippen LogP contribution in [-0.2, 0) is 21.4 Å². The van der Waals surface area contributed by atoms with Gasteiger partial charge in [-0.3, -0.25) is 14.5 Å². The highest BCUT2D eigenvalue weighted by Crippen LogP contribution is 2.64. The maximum absolute atomic E-state index is 12.9. The van der Waals surface area contributed by atoms with Crippen LogP contribution in [0.25, 0.3) is 0 Å². The molecule has 0 radical (unpaired) electrons. The molecule has 5 rings (SSSR count). The van der Waals surface area contributed by atoms with E-state index in [0.717, 1.165) is 17.7 Å². The van der Waals surface area contributed by atoms with E-state index in [1.54, 1.807) is 19.9 Å². The van der Waals surface area contributed by atoms with Gasteiger partial charge >= 0.3 is 5.97 Å². The van der Waals surface area contributed by atoms with Gasteiger partial charge in [-0.05, 0) is 30.9 Å². The van der Waals surface area contributed by atoms with Gasteiger partial charge in [0, 0.05) is 31.1 Å². The lowest BCUT2D eigenvalue weighted by Gasteiger charge is -2.62. The van der Waals surface area contributed by atoms with Crippen molar-refractivity contribution in [2.45, 2.75) is 62.7 Å². The number of aliphatic hydroxyl groups is 1. The predicted molar refractivity (Wildman–Crippen MR) is 106 cm³/mol. The summed E-state index contributed by atoms with van der Waals surface area (Å²) in [6.45, 7) is 8.90. The summed E-state index contributed by atoms with van der Waals surface area (Å²) in [6.07, 6.45) is 3.18. The Hall–Kier alpha value is -2.18. The number of Topliss-reactive ketones (excluding diaryl/α,β-unsaturated/α-hetero) is 1. The lowest BCUT2D eigenvalue weighted by molar-refractivity contribution is -0.187. The molecule has 4 aliphatic rings. The highest BCUT2D eigenvalue weighted by molar-refractivity contribution is 5.90. The molecule has 1 N–H and O–H groups in total. The van der Waals surface area contributed by atoms with Crippen LogP contribution < -0.4 is 9.47 Å². The third-order valence-corrected chi connectivity index (χ3v) is 7.40. The van der Waals surface area contributed by atoms with Gasteiger partial charge in [0.05, 0.1) is 16.9 Å². The standard InChI is InChI=1S/C23H27NO5/c1-4-10-24-11-9-22-18-14-5-6-16(28-21(26)13(2)3)19(18)29-20(22)15(25)7-8-23(22,27)17(24)12-14/h4-6,13,17,20,27H,1,7-12H2,2-3H3/t17?,20-,22-,23+/m0/s1. The maximum Gasteiger partial charge on any atom is 0.313 e. The summed E-state index contributed by atoms with van der Waals surface area (Å²) in [5, 5.41) is 12.1. The number of hydrogen-bond donors (Lipinski definition) is 1. The first kappa shape index (κ1) is 18.8. The van der Waals surface area contributed by atoms with Crippen LogP contribution in [0.4, 0.5) is 0 Å². The monoisotopic (exact) mass is 397 g/mol. The molecule has 1 aromatic rings. The molecule has 154 valence electrons. The largest absolute Gasteiger partial charge is 0.477 e. The fourth-order valence-corrected chi connectivity index (χ4v) is 6.09. The summed E-state index contributed by atoms with van der Waals surface area (Å²) in [6, 6.07) is 3.65. The molecule has 1 saturated carbocycles. The SMILES string of the molecule is C=CCN1CC[C@]23c4c5ccc(OC(=O)C(C)C)c4O[C@H]2C(=O)CC[C@@]3(O)C1C5. The zero-order chi connectivity index (χ0) is 20.6. The van der Waals surface area contributed by atoms with Crippen LogP contribution in [0.5, 0.6) is 11.5 Å². The lowest BCUT2D eigenvalue weighted by Crippen LogP contribution is -2.76. The number of benzene rings is 1. The number of nitrogens with zero attached hydrogens (tertiary/aromatic N) is 1. The number of carbonyl (C=O) groups excluding carboxylic acids is 2. The molecule has 6 heteroatoms. The minimum Gasteiger partial charge on any atom is -0.477 e. The molecule has 2 fully saturated rings. The zero-order valence-corrected chi connectivity index (χ0v) is 16.9. The third kappa shape index (κ3) is 2.24. The summed E-state index contributed by atoms with van der Waals surface area (Å²) in [5.41, 5.74) is 0.145. The molecule has 6 nitrogen and oxygen atoms in total. The topological polar surface area (TPSA) is 76.1 Å². The van der Waals surface area contributed by atoms with Crippen LogP contribution >= 0.6 is 0 Å². The van der Waals surface area contributed by atoms with Gasteiger partial charge in [0.15, 0.2) is 23.4 Å². The van der Waals surface area contributed by atoms with Gasteiger partial charge in [0.25, 0.3) is 0 Å². The van der Waals surface area contributed by atoms with Crippen LogP contribution in [0.15, 0.2) is 24.8 Å².